The minimum absolute atomic E-state index is 0.195. The highest BCUT2D eigenvalue weighted by molar-refractivity contribution is 5.85. The Hall–Kier alpha value is -3.00. The first-order valence-electron chi connectivity index (χ1n) is 11.1. The average Bonchev–Trinajstić information content (AvgIpc) is 2.77. The zero-order valence-electron chi connectivity index (χ0n) is 18.7. The Morgan fingerprint density at radius 3 is 2.64 bits per heavy atom. The first-order valence-corrected chi connectivity index (χ1v) is 11.1. The number of benzene rings is 2. The van der Waals surface area contributed by atoms with E-state index in [1.54, 1.807) is 19.2 Å². The minimum atomic E-state index is -4.69. The van der Waals surface area contributed by atoms with Gasteiger partial charge >= 0.3 is 6.36 Å². The summed E-state index contributed by atoms with van der Waals surface area (Å²) in [5.41, 5.74) is 2.80. The molecule has 3 aromatic rings. The number of hydrogen-bond acceptors (Lipinski definition) is 5. The molecule has 1 aliphatic rings. The van der Waals surface area contributed by atoms with Gasteiger partial charge in [0.2, 0.25) is 0 Å². The second kappa shape index (κ2) is 9.87. The monoisotopic (exact) mass is 459 g/mol. The quantitative estimate of drug-likeness (QED) is 0.456. The molecule has 0 saturated heterocycles. The molecule has 4 rings (SSSR count). The standard InChI is InChI=1S/C25H28F3N3O2/c1-16-11-24(31-23-14-20(32-2)9-10-22(16)23)30-19-7-4-6-18(13-19)29-15-17-5-3-8-21(12-17)33-25(26,27)28/h3,5,8-12,14,18-19,29H,4,6-7,13,15H2,1-2H3,(H,30,31)/t18-,19-/m0/s1. The third kappa shape index (κ3) is 6.28. The maximum Gasteiger partial charge on any atom is 0.573 e. The Balaban J connectivity index is 1.37. The fraction of sp³-hybridized carbons (Fsp3) is 0.400. The van der Waals surface area contributed by atoms with Crippen molar-refractivity contribution >= 4 is 16.7 Å². The summed E-state index contributed by atoms with van der Waals surface area (Å²) in [5, 5.41) is 8.16. The maximum absolute atomic E-state index is 12.5. The van der Waals surface area contributed by atoms with Crippen molar-refractivity contribution in [3.8, 4) is 11.5 Å². The van der Waals surface area contributed by atoms with E-state index in [0.29, 0.717) is 6.54 Å². The van der Waals surface area contributed by atoms with Gasteiger partial charge in [0.05, 0.1) is 12.6 Å². The summed E-state index contributed by atoms with van der Waals surface area (Å²) in [6.07, 6.45) is -0.639. The van der Waals surface area contributed by atoms with E-state index >= 15 is 0 Å². The number of aryl methyl sites for hydroxylation is 1. The maximum atomic E-state index is 12.5. The molecular weight excluding hydrogens is 431 g/mol. The number of fused-ring (bicyclic) bond motifs is 1. The predicted molar refractivity (Wildman–Crippen MR) is 123 cm³/mol. The number of halogens is 3. The number of pyridine rings is 1. The molecule has 0 amide bonds. The number of methoxy groups -OCH3 is 1. The van der Waals surface area contributed by atoms with Crippen LogP contribution >= 0.6 is 0 Å². The largest absolute Gasteiger partial charge is 0.573 e. The molecule has 1 saturated carbocycles. The molecular formula is C25H28F3N3O2. The Bertz CT molecular complexity index is 1100. The van der Waals surface area contributed by atoms with Crippen molar-refractivity contribution in [3.05, 3.63) is 59.7 Å². The van der Waals surface area contributed by atoms with Gasteiger partial charge in [-0.3, -0.25) is 0 Å². The van der Waals surface area contributed by atoms with Gasteiger partial charge in [0.25, 0.3) is 0 Å². The van der Waals surface area contributed by atoms with Crippen molar-refractivity contribution in [1.29, 1.82) is 0 Å². The van der Waals surface area contributed by atoms with Crippen molar-refractivity contribution in [2.75, 3.05) is 12.4 Å². The highest BCUT2D eigenvalue weighted by Gasteiger charge is 2.31. The first kappa shape index (κ1) is 23.2. The molecule has 1 aliphatic carbocycles. The molecule has 33 heavy (non-hydrogen) atoms. The second-order valence-corrected chi connectivity index (χ2v) is 8.49. The lowest BCUT2D eigenvalue weighted by atomic mass is 9.90. The molecule has 1 fully saturated rings. The molecule has 0 unspecified atom stereocenters. The molecule has 0 radical (unpaired) electrons. The molecule has 2 aromatic carbocycles. The van der Waals surface area contributed by atoms with Gasteiger partial charge in [0.1, 0.15) is 17.3 Å². The van der Waals surface area contributed by atoms with Gasteiger partial charge in [-0.1, -0.05) is 12.1 Å². The average molecular weight is 460 g/mol. The van der Waals surface area contributed by atoms with Crippen LogP contribution in [0.3, 0.4) is 0 Å². The van der Waals surface area contributed by atoms with Crippen molar-refractivity contribution in [2.45, 2.75) is 57.6 Å². The molecule has 2 atom stereocenters. The second-order valence-electron chi connectivity index (χ2n) is 8.49. The topological polar surface area (TPSA) is 55.4 Å². The number of ether oxygens (including phenoxy) is 2. The molecule has 0 aliphatic heterocycles. The lowest BCUT2D eigenvalue weighted by Gasteiger charge is -2.31. The number of rotatable bonds is 7. The van der Waals surface area contributed by atoms with Gasteiger partial charge in [0.15, 0.2) is 0 Å². The summed E-state index contributed by atoms with van der Waals surface area (Å²) in [6.45, 7) is 2.56. The fourth-order valence-corrected chi connectivity index (χ4v) is 4.41. The number of anilines is 1. The minimum Gasteiger partial charge on any atom is -0.497 e. The van der Waals surface area contributed by atoms with Gasteiger partial charge < -0.3 is 20.1 Å². The Labute approximate surface area is 191 Å². The van der Waals surface area contributed by atoms with E-state index in [-0.39, 0.29) is 17.8 Å². The van der Waals surface area contributed by atoms with Gasteiger partial charge in [-0.2, -0.15) is 0 Å². The number of nitrogens with zero attached hydrogens (tertiary/aromatic N) is 1. The van der Waals surface area contributed by atoms with Crippen LogP contribution in [-0.4, -0.2) is 30.5 Å². The van der Waals surface area contributed by atoms with Crippen LogP contribution in [0.2, 0.25) is 0 Å². The van der Waals surface area contributed by atoms with E-state index in [0.717, 1.165) is 59.3 Å². The van der Waals surface area contributed by atoms with Crippen LogP contribution in [0.15, 0.2) is 48.5 Å². The third-order valence-corrected chi connectivity index (χ3v) is 5.98. The van der Waals surface area contributed by atoms with E-state index in [2.05, 4.69) is 28.4 Å². The van der Waals surface area contributed by atoms with E-state index in [9.17, 15) is 13.2 Å². The smallest absolute Gasteiger partial charge is 0.497 e. The van der Waals surface area contributed by atoms with Crippen molar-refractivity contribution < 1.29 is 22.6 Å². The highest BCUT2D eigenvalue weighted by atomic mass is 19.4. The van der Waals surface area contributed by atoms with Crippen LogP contribution in [0.5, 0.6) is 11.5 Å². The van der Waals surface area contributed by atoms with Gasteiger partial charge in [-0.05, 0) is 74.1 Å². The molecule has 1 heterocycles. The predicted octanol–water partition coefficient (Wildman–Crippen LogP) is 5.96. The molecule has 0 spiro atoms. The Kier molecular flexibility index (Phi) is 6.93. The van der Waals surface area contributed by atoms with E-state index < -0.39 is 6.36 Å². The first-order chi connectivity index (χ1) is 15.8. The Morgan fingerprint density at radius 1 is 1.03 bits per heavy atom. The van der Waals surface area contributed by atoms with E-state index in [1.807, 2.05) is 18.2 Å². The van der Waals surface area contributed by atoms with Gasteiger partial charge in [-0.15, -0.1) is 13.2 Å². The van der Waals surface area contributed by atoms with Crippen LogP contribution in [0.1, 0.15) is 36.8 Å². The van der Waals surface area contributed by atoms with Crippen LogP contribution in [0.4, 0.5) is 19.0 Å². The Morgan fingerprint density at radius 2 is 1.85 bits per heavy atom. The van der Waals surface area contributed by atoms with E-state index in [4.69, 9.17) is 9.72 Å². The highest BCUT2D eigenvalue weighted by Crippen LogP contribution is 2.27. The van der Waals surface area contributed by atoms with Gasteiger partial charge in [0, 0.05) is 30.1 Å². The molecule has 0 bridgehead atoms. The van der Waals surface area contributed by atoms with E-state index in [1.165, 1.54) is 12.1 Å². The summed E-state index contributed by atoms with van der Waals surface area (Å²) in [5.74, 6) is 1.42. The number of hydrogen-bond donors (Lipinski definition) is 2. The number of alkyl halides is 3. The summed E-state index contributed by atoms with van der Waals surface area (Å²) < 4.78 is 46.7. The molecule has 8 heteroatoms. The molecule has 5 nitrogen and oxygen atoms in total. The lowest BCUT2D eigenvalue weighted by molar-refractivity contribution is -0.274. The summed E-state index contributed by atoms with van der Waals surface area (Å²) >= 11 is 0. The fourth-order valence-electron chi connectivity index (χ4n) is 4.41. The molecule has 1 aromatic heterocycles. The summed E-state index contributed by atoms with van der Waals surface area (Å²) in [6, 6.07) is 14.6. The zero-order chi connectivity index (χ0) is 23.4. The summed E-state index contributed by atoms with van der Waals surface area (Å²) in [7, 11) is 1.64. The van der Waals surface area contributed by atoms with Crippen LogP contribution < -0.4 is 20.1 Å². The van der Waals surface area contributed by atoms with Crippen LogP contribution in [0, 0.1) is 6.92 Å². The SMILES string of the molecule is COc1ccc2c(C)cc(N[C@H]3CCC[C@H](NCc4cccc(OC(F)(F)F)c4)C3)nc2c1. The normalized spacial score (nSPS) is 18.8. The van der Waals surface area contributed by atoms with Crippen molar-refractivity contribution in [3.63, 3.8) is 0 Å². The van der Waals surface area contributed by atoms with Crippen LogP contribution in [-0.2, 0) is 6.54 Å². The lowest BCUT2D eigenvalue weighted by Crippen LogP contribution is -2.38. The number of nitrogens with one attached hydrogen (secondary N) is 2. The summed E-state index contributed by atoms with van der Waals surface area (Å²) in [4.78, 5) is 4.78. The number of aromatic nitrogens is 1. The zero-order valence-corrected chi connectivity index (χ0v) is 18.7. The molecule has 176 valence electrons. The van der Waals surface area contributed by atoms with Gasteiger partial charge in [-0.25, -0.2) is 4.98 Å². The third-order valence-electron chi connectivity index (χ3n) is 5.98. The van der Waals surface area contributed by atoms with Crippen LogP contribution in [0.25, 0.3) is 10.9 Å². The molecule has 2 N–H and O–H groups in total. The van der Waals surface area contributed by atoms with Crippen molar-refractivity contribution in [2.24, 2.45) is 0 Å². The van der Waals surface area contributed by atoms with Crippen molar-refractivity contribution in [1.82, 2.24) is 10.3 Å².